The molecule has 1 unspecified atom stereocenters. The Hall–Kier alpha value is -1.42. The molecule has 0 bridgehead atoms. The highest BCUT2D eigenvalue weighted by Crippen LogP contribution is 2.31. The van der Waals surface area contributed by atoms with Gasteiger partial charge in [0.1, 0.15) is 0 Å². The lowest BCUT2D eigenvalue weighted by molar-refractivity contribution is 0.288. The standard InChI is InChI=1S/C15H24N2O2/c1-3-18-14-8-7-12(10-15(14)19-4-2)17-13-6-5-9-16-11-13/h7-8,10,13,16-17H,3-6,9,11H2,1-2H3. The zero-order valence-corrected chi connectivity index (χ0v) is 11.9. The lowest BCUT2D eigenvalue weighted by Crippen LogP contribution is -2.38. The third-order valence-electron chi connectivity index (χ3n) is 3.21. The Morgan fingerprint density at radius 2 is 2.00 bits per heavy atom. The van der Waals surface area contributed by atoms with E-state index in [0.717, 1.165) is 30.3 Å². The van der Waals surface area contributed by atoms with E-state index in [1.165, 1.54) is 12.8 Å². The Morgan fingerprint density at radius 1 is 1.21 bits per heavy atom. The summed E-state index contributed by atoms with van der Waals surface area (Å²) in [6.45, 7) is 7.42. The number of hydrogen-bond acceptors (Lipinski definition) is 4. The molecule has 1 atom stereocenters. The molecule has 0 radical (unpaired) electrons. The fourth-order valence-electron chi connectivity index (χ4n) is 2.35. The lowest BCUT2D eigenvalue weighted by Gasteiger charge is -2.25. The molecule has 2 N–H and O–H groups in total. The first kappa shape index (κ1) is 14.0. The van der Waals surface area contributed by atoms with Gasteiger partial charge < -0.3 is 20.1 Å². The van der Waals surface area contributed by atoms with Crippen LogP contribution in [0.15, 0.2) is 18.2 Å². The van der Waals surface area contributed by atoms with E-state index in [1.54, 1.807) is 0 Å². The van der Waals surface area contributed by atoms with Crippen molar-refractivity contribution in [1.82, 2.24) is 5.32 Å². The topological polar surface area (TPSA) is 42.5 Å². The maximum Gasteiger partial charge on any atom is 0.163 e. The zero-order chi connectivity index (χ0) is 13.5. The first-order valence-electron chi connectivity index (χ1n) is 7.20. The molecule has 1 aromatic rings. The molecule has 1 saturated heterocycles. The molecular formula is C15H24N2O2. The maximum atomic E-state index is 5.64. The van der Waals surface area contributed by atoms with Crippen molar-refractivity contribution in [2.24, 2.45) is 0 Å². The lowest BCUT2D eigenvalue weighted by atomic mass is 10.1. The molecule has 106 valence electrons. The Balaban J connectivity index is 2.05. The van der Waals surface area contributed by atoms with Crippen LogP contribution in [-0.4, -0.2) is 32.3 Å². The summed E-state index contributed by atoms with van der Waals surface area (Å²) in [5, 5.41) is 6.96. The summed E-state index contributed by atoms with van der Waals surface area (Å²) in [6, 6.07) is 6.57. The van der Waals surface area contributed by atoms with Gasteiger partial charge in [-0.15, -0.1) is 0 Å². The van der Waals surface area contributed by atoms with E-state index in [-0.39, 0.29) is 0 Å². The zero-order valence-electron chi connectivity index (χ0n) is 11.9. The van der Waals surface area contributed by atoms with Crippen molar-refractivity contribution in [3.63, 3.8) is 0 Å². The smallest absolute Gasteiger partial charge is 0.163 e. The highest BCUT2D eigenvalue weighted by molar-refractivity contribution is 5.55. The van der Waals surface area contributed by atoms with Crippen molar-refractivity contribution in [2.45, 2.75) is 32.7 Å². The molecule has 1 heterocycles. The van der Waals surface area contributed by atoms with Crippen LogP contribution in [0, 0.1) is 0 Å². The quantitative estimate of drug-likeness (QED) is 0.829. The molecule has 4 nitrogen and oxygen atoms in total. The van der Waals surface area contributed by atoms with E-state index in [0.29, 0.717) is 19.3 Å². The Kier molecular flexibility index (Phi) is 5.33. The highest BCUT2D eigenvalue weighted by Gasteiger charge is 2.13. The molecule has 19 heavy (non-hydrogen) atoms. The van der Waals surface area contributed by atoms with E-state index in [4.69, 9.17) is 9.47 Å². The molecular weight excluding hydrogens is 240 g/mol. The van der Waals surface area contributed by atoms with Gasteiger partial charge in [-0.2, -0.15) is 0 Å². The number of anilines is 1. The molecule has 0 aromatic heterocycles. The molecule has 0 saturated carbocycles. The van der Waals surface area contributed by atoms with Crippen molar-refractivity contribution in [3.05, 3.63) is 18.2 Å². The van der Waals surface area contributed by atoms with Crippen LogP contribution in [0.4, 0.5) is 5.69 Å². The molecule has 0 amide bonds. The van der Waals surface area contributed by atoms with Crippen molar-refractivity contribution >= 4 is 5.69 Å². The predicted molar refractivity (Wildman–Crippen MR) is 78.3 cm³/mol. The Labute approximate surface area is 115 Å². The number of nitrogens with one attached hydrogen (secondary N) is 2. The number of piperidine rings is 1. The summed E-state index contributed by atoms with van der Waals surface area (Å²) in [6.07, 6.45) is 2.44. The summed E-state index contributed by atoms with van der Waals surface area (Å²) in [4.78, 5) is 0. The fraction of sp³-hybridized carbons (Fsp3) is 0.600. The second kappa shape index (κ2) is 7.24. The normalized spacial score (nSPS) is 18.9. The predicted octanol–water partition coefficient (Wildman–Crippen LogP) is 2.65. The second-order valence-electron chi connectivity index (χ2n) is 4.72. The minimum absolute atomic E-state index is 0.501. The van der Waals surface area contributed by atoms with Gasteiger partial charge in [0.25, 0.3) is 0 Å². The molecule has 1 aromatic carbocycles. The molecule has 4 heteroatoms. The van der Waals surface area contributed by atoms with Crippen molar-refractivity contribution in [1.29, 1.82) is 0 Å². The van der Waals surface area contributed by atoms with Gasteiger partial charge in [-0.05, 0) is 45.4 Å². The van der Waals surface area contributed by atoms with Crippen LogP contribution in [0.2, 0.25) is 0 Å². The minimum atomic E-state index is 0.501. The second-order valence-corrected chi connectivity index (χ2v) is 4.72. The highest BCUT2D eigenvalue weighted by atomic mass is 16.5. The van der Waals surface area contributed by atoms with Crippen LogP contribution in [0.1, 0.15) is 26.7 Å². The summed E-state index contributed by atoms with van der Waals surface area (Å²) < 4.78 is 11.2. The number of benzene rings is 1. The summed E-state index contributed by atoms with van der Waals surface area (Å²) in [5.41, 5.74) is 1.10. The molecule has 1 aliphatic heterocycles. The molecule has 1 fully saturated rings. The van der Waals surface area contributed by atoms with Gasteiger partial charge in [0, 0.05) is 24.3 Å². The van der Waals surface area contributed by atoms with Gasteiger partial charge in [0.2, 0.25) is 0 Å². The first-order valence-corrected chi connectivity index (χ1v) is 7.20. The third kappa shape index (κ3) is 4.03. The van der Waals surface area contributed by atoms with E-state index in [1.807, 2.05) is 26.0 Å². The van der Waals surface area contributed by atoms with Gasteiger partial charge in [-0.3, -0.25) is 0 Å². The average Bonchev–Trinajstić information content (AvgIpc) is 2.43. The number of ether oxygens (including phenoxy) is 2. The van der Waals surface area contributed by atoms with Gasteiger partial charge in [0.05, 0.1) is 13.2 Å². The van der Waals surface area contributed by atoms with Crippen LogP contribution in [-0.2, 0) is 0 Å². The van der Waals surface area contributed by atoms with Crippen molar-refractivity contribution in [2.75, 3.05) is 31.6 Å². The van der Waals surface area contributed by atoms with E-state index in [9.17, 15) is 0 Å². The molecule has 1 aliphatic rings. The third-order valence-corrected chi connectivity index (χ3v) is 3.21. The van der Waals surface area contributed by atoms with Crippen LogP contribution < -0.4 is 20.1 Å². The SMILES string of the molecule is CCOc1ccc(NC2CCCNC2)cc1OCC. The van der Waals surface area contributed by atoms with Crippen LogP contribution in [0.5, 0.6) is 11.5 Å². The van der Waals surface area contributed by atoms with Gasteiger partial charge in [-0.1, -0.05) is 0 Å². The number of rotatable bonds is 6. The van der Waals surface area contributed by atoms with Crippen molar-refractivity contribution < 1.29 is 9.47 Å². The molecule has 0 spiro atoms. The van der Waals surface area contributed by atoms with Gasteiger partial charge in [0.15, 0.2) is 11.5 Å². The summed E-state index contributed by atoms with van der Waals surface area (Å²) in [5.74, 6) is 1.63. The fourth-order valence-corrected chi connectivity index (χ4v) is 2.35. The van der Waals surface area contributed by atoms with E-state index >= 15 is 0 Å². The number of hydrogen-bond donors (Lipinski definition) is 2. The molecule has 2 rings (SSSR count). The van der Waals surface area contributed by atoms with Crippen LogP contribution in [0.3, 0.4) is 0 Å². The van der Waals surface area contributed by atoms with Gasteiger partial charge in [-0.25, -0.2) is 0 Å². The van der Waals surface area contributed by atoms with E-state index in [2.05, 4.69) is 16.7 Å². The van der Waals surface area contributed by atoms with E-state index < -0.39 is 0 Å². The Bertz CT molecular complexity index is 390. The first-order chi connectivity index (χ1) is 9.33. The summed E-state index contributed by atoms with van der Waals surface area (Å²) >= 11 is 0. The Morgan fingerprint density at radius 3 is 2.68 bits per heavy atom. The maximum absolute atomic E-state index is 5.64. The molecule has 0 aliphatic carbocycles. The summed E-state index contributed by atoms with van der Waals surface area (Å²) in [7, 11) is 0. The minimum Gasteiger partial charge on any atom is -0.490 e. The van der Waals surface area contributed by atoms with Crippen LogP contribution >= 0.6 is 0 Å². The van der Waals surface area contributed by atoms with Crippen molar-refractivity contribution in [3.8, 4) is 11.5 Å². The largest absolute Gasteiger partial charge is 0.490 e. The van der Waals surface area contributed by atoms with Crippen LogP contribution in [0.25, 0.3) is 0 Å². The average molecular weight is 264 g/mol. The van der Waals surface area contributed by atoms with Gasteiger partial charge >= 0.3 is 0 Å². The monoisotopic (exact) mass is 264 g/mol.